The molecule has 2 aromatic rings. The predicted octanol–water partition coefficient (Wildman–Crippen LogP) is 6.99. The Kier molecular flexibility index (Phi) is 4.06. The van der Waals surface area contributed by atoms with Crippen molar-refractivity contribution in [3.8, 4) is 0 Å². The second-order valence-electron chi connectivity index (χ2n) is 7.03. The molecule has 0 saturated heterocycles. The fourth-order valence-corrected chi connectivity index (χ4v) is 4.61. The average molecular weight is 355 g/mol. The number of benzene rings is 2. The first-order chi connectivity index (χ1) is 11.5. The second-order valence-corrected chi connectivity index (χ2v) is 7.91. The first kappa shape index (κ1) is 16.0. The van der Waals surface area contributed by atoms with Gasteiger partial charge in [-0.3, -0.25) is 0 Å². The van der Waals surface area contributed by atoms with E-state index in [9.17, 15) is 0 Å². The molecular weight excluding hydrogens is 335 g/mol. The first-order valence-electron chi connectivity index (χ1n) is 8.50. The van der Waals surface area contributed by atoms with E-state index in [0.29, 0.717) is 23.7 Å². The number of allylic oxidation sites excluding steroid dienone is 4. The third-order valence-electron chi connectivity index (χ3n) is 5.71. The molecular formula is C22H20Cl2. The van der Waals surface area contributed by atoms with Crippen molar-refractivity contribution in [1.82, 2.24) is 0 Å². The van der Waals surface area contributed by atoms with E-state index in [-0.39, 0.29) is 0 Å². The second kappa shape index (κ2) is 6.10. The quantitative estimate of drug-likeness (QED) is 0.544. The molecule has 3 aliphatic carbocycles. The fourth-order valence-electron chi connectivity index (χ4n) is 4.23. The summed E-state index contributed by atoms with van der Waals surface area (Å²) in [6.45, 7) is 4.73. The summed E-state index contributed by atoms with van der Waals surface area (Å²) in [5, 5.41) is 1.60. The van der Waals surface area contributed by atoms with Crippen LogP contribution in [0.15, 0.2) is 60.7 Å². The van der Waals surface area contributed by atoms with E-state index in [0.717, 1.165) is 10.0 Å². The number of rotatable bonds is 2. The highest BCUT2D eigenvalue weighted by Crippen LogP contribution is 2.53. The summed E-state index contributed by atoms with van der Waals surface area (Å²) in [6.07, 6.45) is 4.91. The van der Waals surface area contributed by atoms with Crippen molar-refractivity contribution < 1.29 is 0 Å². The van der Waals surface area contributed by atoms with E-state index in [1.54, 1.807) is 0 Å². The van der Waals surface area contributed by atoms with Gasteiger partial charge in [0.25, 0.3) is 0 Å². The van der Waals surface area contributed by atoms with Gasteiger partial charge in [-0.1, -0.05) is 73.5 Å². The Bertz CT molecular complexity index is 775. The maximum absolute atomic E-state index is 6.22. The Morgan fingerprint density at radius 3 is 1.46 bits per heavy atom. The molecule has 24 heavy (non-hydrogen) atoms. The Balaban J connectivity index is 1.79. The molecule has 122 valence electrons. The van der Waals surface area contributed by atoms with Gasteiger partial charge in [-0.25, -0.2) is 0 Å². The monoisotopic (exact) mass is 354 g/mol. The SMILES string of the molecule is C[C@@H]1[C@@H](C)[C@H]2C=C(c3cccc(Cl)c3)[C@@H]1C=C2c1cccc(Cl)c1. The van der Waals surface area contributed by atoms with Crippen LogP contribution >= 0.6 is 23.2 Å². The highest BCUT2D eigenvalue weighted by molar-refractivity contribution is 6.31. The predicted molar refractivity (Wildman–Crippen MR) is 104 cm³/mol. The van der Waals surface area contributed by atoms with Gasteiger partial charge in [0.15, 0.2) is 0 Å². The molecule has 3 aliphatic rings. The zero-order valence-electron chi connectivity index (χ0n) is 13.8. The molecule has 0 aliphatic heterocycles. The lowest BCUT2D eigenvalue weighted by Gasteiger charge is -2.45. The van der Waals surface area contributed by atoms with Gasteiger partial charge >= 0.3 is 0 Å². The van der Waals surface area contributed by atoms with Gasteiger partial charge in [0, 0.05) is 21.9 Å². The highest BCUT2D eigenvalue weighted by Gasteiger charge is 2.40. The summed E-state index contributed by atoms with van der Waals surface area (Å²) in [7, 11) is 0. The van der Waals surface area contributed by atoms with Crippen LogP contribution in [0.5, 0.6) is 0 Å². The van der Waals surface area contributed by atoms with Gasteiger partial charge in [0.05, 0.1) is 0 Å². The molecule has 2 heteroatoms. The van der Waals surface area contributed by atoms with Crippen LogP contribution in [-0.2, 0) is 0 Å². The Morgan fingerprint density at radius 1 is 0.667 bits per heavy atom. The number of hydrogen-bond donors (Lipinski definition) is 0. The van der Waals surface area contributed by atoms with E-state index in [2.05, 4.69) is 50.3 Å². The van der Waals surface area contributed by atoms with Crippen LogP contribution in [0.2, 0.25) is 10.0 Å². The summed E-state index contributed by atoms with van der Waals surface area (Å²) in [5.41, 5.74) is 5.33. The molecule has 0 saturated carbocycles. The summed E-state index contributed by atoms with van der Waals surface area (Å²) in [6, 6.07) is 16.5. The molecule has 0 heterocycles. The van der Waals surface area contributed by atoms with Crippen molar-refractivity contribution in [1.29, 1.82) is 0 Å². The third-order valence-corrected chi connectivity index (χ3v) is 6.18. The van der Waals surface area contributed by atoms with E-state index in [4.69, 9.17) is 23.2 Å². The van der Waals surface area contributed by atoms with Crippen LogP contribution < -0.4 is 0 Å². The van der Waals surface area contributed by atoms with Crippen LogP contribution in [-0.4, -0.2) is 0 Å². The first-order valence-corrected chi connectivity index (χ1v) is 9.25. The lowest BCUT2D eigenvalue weighted by Crippen LogP contribution is -2.34. The zero-order valence-corrected chi connectivity index (χ0v) is 15.4. The van der Waals surface area contributed by atoms with E-state index in [1.807, 2.05) is 24.3 Å². The van der Waals surface area contributed by atoms with Gasteiger partial charge < -0.3 is 0 Å². The largest absolute Gasteiger partial charge is 0.0843 e. The van der Waals surface area contributed by atoms with Gasteiger partial charge in [0.2, 0.25) is 0 Å². The molecule has 0 N–H and O–H groups in total. The van der Waals surface area contributed by atoms with Crippen LogP contribution in [0, 0.1) is 23.7 Å². The molecule has 2 aromatic carbocycles. The molecule has 2 bridgehead atoms. The summed E-state index contributed by atoms with van der Waals surface area (Å²) < 4.78 is 0. The summed E-state index contributed by atoms with van der Waals surface area (Å²) in [4.78, 5) is 0. The van der Waals surface area contributed by atoms with Crippen molar-refractivity contribution in [2.24, 2.45) is 23.7 Å². The zero-order chi connectivity index (χ0) is 16.8. The van der Waals surface area contributed by atoms with Gasteiger partial charge in [-0.2, -0.15) is 0 Å². The minimum atomic E-state index is 0.428. The maximum Gasteiger partial charge on any atom is 0.0412 e. The lowest BCUT2D eigenvalue weighted by atomic mass is 9.59. The number of halogens is 2. The van der Waals surface area contributed by atoms with Crippen molar-refractivity contribution in [3.63, 3.8) is 0 Å². The Morgan fingerprint density at radius 2 is 1.08 bits per heavy atom. The molecule has 0 radical (unpaired) electrons. The number of hydrogen-bond acceptors (Lipinski definition) is 0. The van der Waals surface area contributed by atoms with Crippen molar-refractivity contribution in [3.05, 3.63) is 81.9 Å². The van der Waals surface area contributed by atoms with Crippen LogP contribution in [0.3, 0.4) is 0 Å². The maximum atomic E-state index is 6.22. The van der Waals surface area contributed by atoms with Crippen LogP contribution in [0.25, 0.3) is 11.1 Å². The Labute approximate surface area is 153 Å². The standard InChI is InChI=1S/C22H20Cl2/c1-13-14(2)20-12-21(15-5-3-7-17(23)9-15)19(13)11-22(20)16-6-4-8-18(24)10-16/h3-14,19-20H,1-2H3/t13-,14-,19-,20-/m1/s1. The molecule has 0 amide bonds. The fraction of sp³-hybridized carbons (Fsp3) is 0.273. The van der Waals surface area contributed by atoms with Gasteiger partial charge in [-0.05, 0) is 58.4 Å². The minimum Gasteiger partial charge on any atom is -0.0843 e. The highest BCUT2D eigenvalue weighted by atomic mass is 35.5. The van der Waals surface area contributed by atoms with Crippen molar-refractivity contribution >= 4 is 34.3 Å². The molecule has 0 nitrogen and oxygen atoms in total. The molecule has 0 aromatic heterocycles. The van der Waals surface area contributed by atoms with Gasteiger partial charge in [0.1, 0.15) is 0 Å². The summed E-state index contributed by atoms with van der Waals surface area (Å²) in [5.74, 6) is 2.10. The van der Waals surface area contributed by atoms with Crippen LogP contribution in [0.4, 0.5) is 0 Å². The van der Waals surface area contributed by atoms with Crippen molar-refractivity contribution in [2.45, 2.75) is 13.8 Å². The topological polar surface area (TPSA) is 0 Å². The van der Waals surface area contributed by atoms with Gasteiger partial charge in [-0.15, -0.1) is 0 Å². The number of fused-ring (bicyclic) bond motifs is 1. The van der Waals surface area contributed by atoms with E-state index in [1.165, 1.54) is 22.3 Å². The molecule has 4 atom stereocenters. The molecule has 0 fully saturated rings. The molecule has 0 spiro atoms. The lowest BCUT2D eigenvalue weighted by molar-refractivity contribution is 0.281. The molecule has 0 unspecified atom stereocenters. The van der Waals surface area contributed by atoms with E-state index >= 15 is 0 Å². The third kappa shape index (κ3) is 2.62. The summed E-state index contributed by atoms with van der Waals surface area (Å²) >= 11 is 12.4. The smallest absolute Gasteiger partial charge is 0.0412 e. The van der Waals surface area contributed by atoms with E-state index < -0.39 is 0 Å². The minimum absolute atomic E-state index is 0.428. The normalized spacial score (nSPS) is 28.5. The molecule has 5 rings (SSSR count). The van der Waals surface area contributed by atoms with Crippen molar-refractivity contribution in [2.75, 3.05) is 0 Å². The van der Waals surface area contributed by atoms with Crippen LogP contribution in [0.1, 0.15) is 25.0 Å². The average Bonchev–Trinajstić information content (AvgIpc) is 2.58. The Hall–Kier alpha value is -1.50.